The number of sulfonamides is 1. The van der Waals surface area contributed by atoms with Gasteiger partial charge in [0.25, 0.3) is 15.9 Å². The molecule has 1 aromatic carbocycles. The van der Waals surface area contributed by atoms with E-state index < -0.39 is 15.9 Å². The minimum absolute atomic E-state index is 0.169. The maximum Gasteiger partial charge on any atom is 0.283 e. The van der Waals surface area contributed by atoms with E-state index in [9.17, 15) is 13.2 Å². The van der Waals surface area contributed by atoms with Crippen molar-refractivity contribution in [3.05, 3.63) is 41.5 Å². The monoisotopic (exact) mass is 374 g/mol. The van der Waals surface area contributed by atoms with Gasteiger partial charge in [-0.2, -0.15) is 0 Å². The summed E-state index contributed by atoms with van der Waals surface area (Å²) in [6.45, 7) is 3.62. The van der Waals surface area contributed by atoms with E-state index in [1.165, 1.54) is 6.20 Å². The molecule has 2 N–H and O–H groups in total. The minimum atomic E-state index is -3.95. The molecule has 0 saturated heterocycles. The molecule has 26 heavy (non-hydrogen) atoms. The van der Waals surface area contributed by atoms with Crippen LogP contribution in [0.3, 0.4) is 0 Å². The molecule has 8 heteroatoms. The standard InChI is InChI=1S/C18H22N4O3S/c1-12-7-8-17-20-10-15(22(17)11-12)18(23)21-26(24,25)16-6-2-5-14-13(16)4-3-9-19-14/h2,5-6,10,12,19H,3-4,7-9,11H2,1H3,(H,21,23). The Morgan fingerprint density at radius 2 is 2.19 bits per heavy atom. The van der Waals surface area contributed by atoms with Crippen LogP contribution in [0, 0.1) is 5.92 Å². The molecule has 1 unspecified atom stereocenters. The van der Waals surface area contributed by atoms with Crippen LogP contribution < -0.4 is 10.0 Å². The lowest BCUT2D eigenvalue weighted by molar-refractivity contribution is 0.0970. The van der Waals surface area contributed by atoms with Crippen LogP contribution in [0.25, 0.3) is 0 Å². The fourth-order valence-electron chi connectivity index (χ4n) is 3.74. The highest BCUT2D eigenvalue weighted by Crippen LogP contribution is 2.28. The average Bonchev–Trinajstić information content (AvgIpc) is 3.04. The molecule has 138 valence electrons. The van der Waals surface area contributed by atoms with E-state index in [0.717, 1.165) is 42.9 Å². The maximum absolute atomic E-state index is 12.9. The second-order valence-electron chi connectivity index (χ2n) is 7.06. The number of imidazole rings is 1. The first-order valence-electron chi connectivity index (χ1n) is 8.93. The molecule has 1 atom stereocenters. The second-order valence-corrected chi connectivity index (χ2v) is 8.71. The van der Waals surface area contributed by atoms with Crippen LogP contribution in [0.5, 0.6) is 0 Å². The highest BCUT2D eigenvalue weighted by molar-refractivity contribution is 7.90. The summed E-state index contributed by atoms with van der Waals surface area (Å²) in [7, 11) is -3.95. The molecule has 4 rings (SSSR count). The van der Waals surface area contributed by atoms with Crippen molar-refractivity contribution < 1.29 is 13.2 Å². The van der Waals surface area contributed by atoms with Crippen molar-refractivity contribution >= 4 is 21.6 Å². The summed E-state index contributed by atoms with van der Waals surface area (Å²) in [5, 5.41) is 3.21. The Morgan fingerprint density at radius 3 is 3.04 bits per heavy atom. The van der Waals surface area contributed by atoms with Crippen LogP contribution >= 0.6 is 0 Å². The Balaban J connectivity index is 1.63. The molecule has 3 heterocycles. The van der Waals surface area contributed by atoms with Gasteiger partial charge in [0.2, 0.25) is 0 Å². The number of hydrogen-bond acceptors (Lipinski definition) is 5. The van der Waals surface area contributed by atoms with Crippen LogP contribution in [0.2, 0.25) is 0 Å². The first kappa shape index (κ1) is 17.1. The van der Waals surface area contributed by atoms with Crippen molar-refractivity contribution in [1.82, 2.24) is 14.3 Å². The summed E-state index contributed by atoms with van der Waals surface area (Å²) in [5.41, 5.74) is 1.86. The van der Waals surface area contributed by atoms with Crippen molar-refractivity contribution in [3.8, 4) is 0 Å². The Hall–Kier alpha value is -2.35. The first-order chi connectivity index (χ1) is 12.5. The fourth-order valence-corrected chi connectivity index (χ4v) is 4.99. The number of hydrogen-bond donors (Lipinski definition) is 2. The highest BCUT2D eigenvalue weighted by Gasteiger charge is 2.28. The summed E-state index contributed by atoms with van der Waals surface area (Å²) in [6, 6.07) is 5.11. The van der Waals surface area contributed by atoms with E-state index in [0.29, 0.717) is 24.6 Å². The first-order valence-corrected chi connectivity index (χ1v) is 10.4. The maximum atomic E-state index is 12.9. The van der Waals surface area contributed by atoms with Gasteiger partial charge in [-0.05, 0) is 42.9 Å². The number of carbonyl (C=O) groups is 1. The van der Waals surface area contributed by atoms with Crippen molar-refractivity contribution in [3.63, 3.8) is 0 Å². The van der Waals surface area contributed by atoms with Gasteiger partial charge in [0.1, 0.15) is 11.5 Å². The van der Waals surface area contributed by atoms with Crippen LogP contribution in [0.4, 0.5) is 5.69 Å². The summed E-state index contributed by atoms with van der Waals surface area (Å²) in [5.74, 6) is 0.651. The predicted octanol–water partition coefficient (Wildman–Crippen LogP) is 1.94. The molecule has 2 aliphatic rings. The van der Waals surface area contributed by atoms with Gasteiger partial charge in [0, 0.05) is 25.2 Å². The molecular weight excluding hydrogens is 352 g/mol. The van der Waals surface area contributed by atoms with Gasteiger partial charge in [0.05, 0.1) is 11.1 Å². The molecule has 1 aromatic heterocycles. The Labute approximate surface area is 152 Å². The zero-order valence-corrected chi connectivity index (χ0v) is 15.5. The molecule has 7 nitrogen and oxygen atoms in total. The van der Waals surface area contributed by atoms with Crippen molar-refractivity contribution in [2.75, 3.05) is 11.9 Å². The van der Waals surface area contributed by atoms with Crippen LogP contribution in [-0.2, 0) is 29.4 Å². The fraction of sp³-hybridized carbons (Fsp3) is 0.444. The lowest BCUT2D eigenvalue weighted by Gasteiger charge is -2.22. The van der Waals surface area contributed by atoms with Gasteiger partial charge in [-0.15, -0.1) is 0 Å². The molecule has 1 amide bonds. The van der Waals surface area contributed by atoms with E-state index in [2.05, 4.69) is 21.9 Å². The van der Waals surface area contributed by atoms with Gasteiger partial charge in [-0.25, -0.2) is 18.1 Å². The zero-order chi connectivity index (χ0) is 18.3. The molecule has 2 aromatic rings. The lowest BCUT2D eigenvalue weighted by Crippen LogP contribution is -2.34. The van der Waals surface area contributed by atoms with E-state index in [4.69, 9.17) is 0 Å². The highest BCUT2D eigenvalue weighted by atomic mass is 32.2. The van der Waals surface area contributed by atoms with Gasteiger partial charge in [-0.3, -0.25) is 4.79 Å². The molecule has 0 fully saturated rings. The van der Waals surface area contributed by atoms with E-state index in [1.807, 2.05) is 10.6 Å². The number of nitrogens with one attached hydrogen (secondary N) is 2. The molecular formula is C18H22N4O3S. The van der Waals surface area contributed by atoms with Gasteiger partial charge < -0.3 is 9.88 Å². The third kappa shape index (κ3) is 2.98. The molecule has 0 aliphatic carbocycles. The average molecular weight is 374 g/mol. The van der Waals surface area contributed by atoms with E-state index in [-0.39, 0.29) is 4.90 Å². The number of nitrogens with zero attached hydrogens (tertiary/aromatic N) is 2. The smallest absolute Gasteiger partial charge is 0.283 e. The predicted molar refractivity (Wildman–Crippen MR) is 97.6 cm³/mol. The van der Waals surface area contributed by atoms with Crippen molar-refractivity contribution in [1.29, 1.82) is 0 Å². The van der Waals surface area contributed by atoms with E-state index in [1.54, 1.807) is 12.1 Å². The zero-order valence-electron chi connectivity index (χ0n) is 14.7. The van der Waals surface area contributed by atoms with Crippen LogP contribution in [-0.4, -0.2) is 30.4 Å². The largest absolute Gasteiger partial charge is 0.385 e. The Bertz CT molecular complexity index is 965. The summed E-state index contributed by atoms with van der Waals surface area (Å²) >= 11 is 0. The quantitative estimate of drug-likeness (QED) is 0.856. The number of benzene rings is 1. The SMILES string of the molecule is CC1CCc2ncc(C(=O)NS(=O)(=O)c3cccc4c3CCCN4)n2C1. The molecule has 0 spiro atoms. The number of carbonyl (C=O) groups excluding carboxylic acids is 1. The van der Waals surface area contributed by atoms with Crippen LogP contribution in [0.15, 0.2) is 29.3 Å². The normalized spacial score (nSPS) is 19.2. The van der Waals surface area contributed by atoms with Crippen LogP contribution in [0.1, 0.15) is 41.6 Å². The third-order valence-corrected chi connectivity index (χ3v) is 6.51. The third-order valence-electron chi connectivity index (χ3n) is 5.09. The Morgan fingerprint density at radius 1 is 1.35 bits per heavy atom. The van der Waals surface area contributed by atoms with E-state index >= 15 is 0 Å². The molecule has 0 bridgehead atoms. The van der Waals surface area contributed by atoms with Gasteiger partial charge >= 0.3 is 0 Å². The summed E-state index contributed by atoms with van der Waals surface area (Å²) in [4.78, 5) is 17.1. The topological polar surface area (TPSA) is 93.1 Å². The molecule has 0 saturated carbocycles. The van der Waals surface area contributed by atoms with Crippen molar-refractivity contribution in [2.45, 2.75) is 44.0 Å². The van der Waals surface area contributed by atoms with Crippen molar-refractivity contribution in [2.24, 2.45) is 5.92 Å². The molecule has 2 aliphatic heterocycles. The van der Waals surface area contributed by atoms with Gasteiger partial charge in [-0.1, -0.05) is 13.0 Å². The number of aryl methyl sites for hydroxylation is 1. The number of rotatable bonds is 3. The minimum Gasteiger partial charge on any atom is -0.385 e. The summed E-state index contributed by atoms with van der Waals surface area (Å²) in [6.07, 6.45) is 4.84. The number of fused-ring (bicyclic) bond motifs is 2. The number of anilines is 1. The van der Waals surface area contributed by atoms with Gasteiger partial charge in [0.15, 0.2) is 0 Å². The molecule has 0 radical (unpaired) electrons. The number of amides is 1. The summed E-state index contributed by atoms with van der Waals surface area (Å²) < 4.78 is 29.8. The Kier molecular flexibility index (Phi) is 4.22. The number of aromatic nitrogens is 2. The lowest BCUT2D eigenvalue weighted by atomic mass is 10.0. The second kappa shape index (κ2) is 6.42.